The summed E-state index contributed by atoms with van der Waals surface area (Å²) in [7, 11) is -5.47. The number of halogens is 3. The number of carbonyl (C=O) groups excluding carboxylic acids is 2. The molecule has 2 aromatic heterocycles. The smallest absolute Gasteiger partial charge is 0.389 e. The highest BCUT2D eigenvalue weighted by molar-refractivity contribution is 7.92. The van der Waals surface area contributed by atoms with E-state index in [4.69, 9.17) is 4.74 Å². The Morgan fingerprint density at radius 2 is 1.84 bits per heavy atom. The van der Waals surface area contributed by atoms with E-state index in [1.54, 1.807) is 12.3 Å². The van der Waals surface area contributed by atoms with E-state index in [9.17, 15) is 36.3 Å². The minimum Gasteiger partial charge on any atom is -0.389 e. The van der Waals surface area contributed by atoms with Crippen molar-refractivity contribution in [2.45, 2.75) is 36.9 Å². The standard InChI is InChI=1S/C21H21F3N4O6S3/c1-2-34-10-17(31)25-8-14-19(36-18(9-29)26-14)15-11-35-20(27-15)28-16(30)7-12-3-5-13(6-4-12)37(32,33)21(22,23)24/h3-6,11,29H,2,7-10H2,1H3,(H,25,31)(H,27,28,30). The number of ether oxygens (including phenoxy) is 1. The maximum Gasteiger partial charge on any atom is 0.501 e. The first-order valence-corrected chi connectivity index (χ1v) is 13.7. The van der Waals surface area contributed by atoms with Gasteiger partial charge >= 0.3 is 5.51 Å². The van der Waals surface area contributed by atoms with Gasteiger partial charge in [-0.05, 0) is 24.6 Å². The predicted molar refractivity (Wildman–Crippen MR) is 130 cm³/mol. The van der Waals surface area contributed by atoms with Crippen LogP contribution in [0.1, 0.15) is 23.2 Å². The Hall–Kier alpha value is -2.92. The van der Waals surface area contributed by atoms with Gasteiger partial charge in [0.05, 0.1) is 40.7 Å². The lowest BCUT2D eigenvalue weighted by Gasteiger charge is -2.08. The van der Waals surface area contributed by atoms with Crippen LogP contribution in [-0.4, -0.2) is 54.0 Å². The normalized spacial score (nSPS) is 11.9. The molecule has 0 atom stereocenters. The van der Waals surface area contributed by atoms with Crippen LogP contribution in [0.2, 0.25) is 0 Å². The quantitative estimate of drug-likeness (QED) is 0.315. The molecule has 2 amide bonds. The molecule has 3 aromatic rings. The molecule has 0 aliphatic rings. The van der Waals surface area contributed by atoms with Crippen LogP contribution < -0.4 is 10.6 Å². The molecule has 0 fully saturated rings. The largest absolute Gasteiger partial charge is 0.501 e. The number of hydrogen-bond acceptors (Lipinski definition) is 10. The number of benzene rings is 1. The number of aromatic nitrogens is 2. The Balaban J connectivity index is 1.66. The van der Waals surface area contributed by atoms with Crippen molar-refractivity contribution in [3.63, 3.8) is 0 Å². The van der Waals surface area contributed by atoms with Crippen LogP contribution in [0, 0.1) is 0 Å². The Morgan fingerprint density at radius 1 is 1.14 bits per heavy atom. The average Bonchev–Trinajstić information content (AvgIpc) is 3.47. The van der Waals surface area contributed by atoms with Crippen LogP contribution in [-0.2, 0) is 43.7 Å². The number of amides is 2. The zero-order valence-corrected chi connectivity index (χ0v) is 21.6. The topological polar surface area (TPSA) is 148 Å². The summed E-state index contributed by atoms with van der Waals surface area (Å²) in [5.41, 5.74) is -4.17. The van der Waals surface area contributed by atoms with Gasteiger partial charge in [0.15, 0.2) is 5.13 Å². The molecule has 0 aliphatic heterocycles. The number of carbonyl (C=O) groups is 2. The summed E-state index contributed by atoms with van der Waals surface area (Å²) in [5, 5.41) is 17.0. The van der Waals surface area contributed by atoms with Gasteiger partial charge in [-0.1, -0.05) is 12.1 Å². The molecule has 3 rings (SSSR count). The van der Waals surface area contributed by atoms with Crippen LogP contribution >= 0.6 is 22.7 Å². The van der Waals surface area contributed by atoms with E-state index in [-0.39, 0.29) is 37.2 Å². The molecule has 0 bridgehead atoms. The number of rotatable bonds is 11. The summed E-state index contributed by atoms with van der Waals surface area (Å²) in [6.45, 7) is 1.83. The third-order valence-electron chi connectivity index (χ3n) is 4.65. The molecule has 1 aromatic carbocycles. The predicted octanol–water partition coefficient (Wildman–Crippen LogP) is 2.89. The summed E-state index contributed by atoms with van der Waals surface area (Å²) in [4.78, 5) is 32.6. The summed E-state index contributed by atoms with van der Waals surface area (Å²) in [6.07, 6.45) is -0.229. The number of anilines is 1. The lowest BCUT2D eigenvalue weighted by molar-refractivity contribution is -0.125. The molecule has 0 unspecified atom stereocenters. The number of nitrogens with one attached hydrogen (secondary N) is 2. The fourth-order valence-electron chi connectivity index (χ4n) is 2.92. The molecule has 37 heavy (non-hydrogen) atoms. The SMILES string of the molecule is CCOCC(=O)NCc1nc(CO)sc1-c1csc(NC(=O)Cc2ccc(S(=O)(=O)C(F)(F)F)cc2)n1. The molecular weight excluding hydrogens is 557 g/mol. The Kier molecular flexibility index (Phi) is 9.36. The number of nitrogens with zero attached hydrogens (tertiary/aromatic N) is 2. The minimum atomic E-state index is -5.47. The molecule has 0 radical (unpaired) electrons. The number of alkyl halides is 3. The third-order valence-corrected chi connectivity index (χ3v) is 8.02. The van der Waals surface area contributed by atoms with Crippen molar-refractivity contribution in [3.05, 3.63) is 45.9 Å². The van der Waals surface area contributed by atoms with Crippen LogP contribution in [0.15, 0.2) is 34.5 Å². The molecular formula is C21H21F3N4O6S3. The first-order valence-electron chi connectivity index (χ1n) is 10.5. The van der Waals surface area contributed by atoms with Crippen molar-refractivity contribution in [1.82, 2.24) is 15.3 Å². The Bertz CT molecular complexity index is 1350. The summed E-state index contributed by atoms with van der Waals surface area (Å²) in [5.74, 6) is -0.849. The van der Waals surface area contributed by atoms with E-state index >= 15 is 0 Å². The Morgan fingerprint density at radius 3 is 2.46 bits per heavy atom. The van der Waals surface area contributed by atoms with Crippen molar-refractivity contribution >= 4 is 49.5 Å². The van der Waals surface area contributed by atoms with Gasteiger partial charge in [-0.2, -0.15) is 13.2 Å². The van der Waals surface area contributed by atoms with Gasteiger partial charge in [0.1, 0.15) is 11.6 Å². The van der Waals surface area contributed by atoms with Crippen LogP contribution in [0.5, 0.6) is 0 Å². The lowest BCUT2D eigenvalue weighted by Crippen LogP contribution is -2.27. The number of hydrogen-bond donors (Lipinski definition) is 3. The van der Waals surface area contributed by atoms with Crippen molar-refractivity contribution in [3.8, 4) is 10.6 Å². The molecule has 10 nitrogen and oxygen atoms in total. The van der Waals surface area contributed by atoms with Gasteiger partial charge in [0.25, 0.3) is 9.84 Å². The van der Waals surface area contributed by atoms with Gasteiger partial charge in [0, 0.05) is 12.0 Å². The van der Waals surface area contributed by atoms with E-state index in [0.29, 0.717) is 33.4 Å². The summed E-state index contributed by atoms with van der Waals surface area (Å²) >= 11 is 2.30. The number of thiazole rings is 2. The minimum absolute atomic E-state index is 0.0804. The fraction of sp³-hybridized carbons (Fsp3) is 0.333. The second-order valence-corrected chi connectivity index (χ2v) is 11.2. The van der Waals surface area contributed by atoms with Gasteiger partial charge in [-0.15, -0.1) is 22.7 Å². The van der Waals surface area contributed by atoms with Crippen molar-refractivity contribution in [1.29, 1.82) is 0 Å². The second kappa shape index (κ2) is 12.1. The van der Waals surface area contributed by atoms with Gasteiger partial charge in [0.2, 0.25) is 11.8 Å². The molecule has 0 aliphatic carbocycles. The van der Waals surface area contributed by atoms with Gasteiger partial charge in [-0.3, -0.25) is 9.59 Å². The van der Waals surface area contributed by atoms with Crippen LogP contribution in [0.25, 0.3) is 10.6 Å². The number of sulfone groups is 1. The monoisotopic (exact) mass is 578 g/mol. The van der Waals surface area contributed by atoms with E-state index < -0.39 is 26.1 Å². The summed E-state index contributed by atoms with van der Waals surface area (Å²) < 4.78 is 66.0. The van der Waals surface area contributed by atoms with Crippen molar-refractivity contribution in [2.24, 2.45) is 0 Å². The van der Waals surface area contributed by atoms with Gasteiger partial charge < -0.3 is 20.5 Å². The first-order chi connectivity index (χ1) is 17.4. The highest BCUT2D eigenvalue weighted by Gasteiger charge is 2.46. The maximum absolute atomic E-state index is 12.7. The molecule has 0 saturated carbocycles. The number of aliphatic hydroxyl groups is 1. The second-order valence-electron chi connectivity index (χ2n) is 7.31. The molecule has 200 valence electrons. The fourth-order valence-corrected chi connectivity index (χ4v) is 5.38. The molecule has 16 heteroatoms. The van der Waals surface area contributed by atoms with E-state index in [1.807, 2.05) is 0 Å². The van der Waals surface area contributed by atoms with Crippen molar-refractivity contribution < 1.29 is 41.0 Å². The zero-order chi connectivity index (χ0) is 27.2. The molecule has 2 heterocycles. The van der Waals surface area contributed by atoms with Crippen molar-refractivity contribution in [2.75, 3.05) is 18.5 Å². The van der Waals surface area contributed by atoms with E-state index in [0.717, 1.165) is 35.6 Å². The van der Waals surface area contributed by atoms with E-state index in [2.05, 4.69) is 20.6 Å². The molecule has 0 spiro atoms. The highest BCUT2D eigenvalue weighted by atomic mass is 32.2. The highest BCUT2D eigenvalue weighted by Crippen LogP contribution is 2.33. The summed E-state index contributed by atoms with van der Waals surface area (Å²) in [6, 6.07) is 3.85. The third kappa shape index (κ3) is 7.32. The lowest BCUT2D eigenvalue weighted by atomic mass is 10.1. The average molecular weight is 579 g/mol. The molecule has 3 N–H and O–H groups in total. The van der Waals surface area contributed by atoms with Crippen LogP contribution in [0.3, 0.4) is 0 Å². The molecule has 0 saturated heterocycles. The van der Waals surface area contributed by atoms with Gasteiger partial charge in [-0.25, -0.2) is 18.4 Å². The van der Waals surface area contributed by atoms with Crippen LogP contribution in [0.4, 0.5) is 18.3 Å². The number of aliphatic hydroxyl groups excluding tert-OH is 1. The Labute approximate surface area is 217 Å². The first kappa shape index (κ1) is 28.6. The maximum atomic E-state index is 12.7. The zero-order valence-electron chi connectivity index (χ0n) is 19.2. The van der Waals surface area contributed by atoms with E-state index in [1.165, 1.54) is 11.3 Å².